The van der Waals surface area contributed by atoms with E-state index in [0.717, 1.165) is 24.5 Å². The summed E-state index contributed by atoms with van der Waals surface area (Å²) in [5.41, 5.74) is 1.91. The lowest BCUT2D eigenvalue weighted by Gasteiger charge is -2.35. The lowest BCUT2D eigenvalue weighted by atomic mass is 10.1. The first-order valence-electron chi connectivity index (χ1n) is 9.87. The van der Waals surface area contributed by atoms with Gasteiger partial charge in [0, 0.05) is 55.3 Å². The Balaban J connectivity index is 1.38. The summed E-state index contributed by atoms with van der Waals surface area (Å²) < 4.78 is 23.5. The number of benzene rings is 1. The number of hydrogen-bond donors (Lipinski definition) is 0. The number of nitrogens with zero attached hydrogens (tertiary/aromatic N) is 3. The van der Waals surface area contributed by atoms with E-state index in [0.29, 0.717) is 25.1 Å². The van der Waals surface area contributed by atoms with Gasteiger partial charge in [-0.2, -0.15) is 0 Å². The molecule has 0 saturated carbocycles. The molecule has 1 aromatic carbocycles. The second-order valence-electron chi connectivity index (χ2n) is 7.56. The zero-order valence-corrected chi connectivity index (χ0v) is 17.9. The molecule has 0 N–H and O–H groups in total. The number of rotatable bonds is 5. The van der Waals surface area contributed by atoms with Gasteiger partial charge in [0.1, 0.15) is 0 Å². The SMILES string of the molecule is O=C(c1ccccc1S[C@H]1CCS(=O)(=O)C1)N1CCN(Cc2ccncc2)CC1. The van der Waals surface area contributed by atoms with Crippen LogP contribution in [-0.2, 0) is 16.4 Å². The number of amides is 1. The molecule has 3 heterocycles. The molecule has 0 bridgehead atoms. The summed E-state index contributed by atoms with van der Waals surface area (Å²) in [6.07, 6.45) is 4.27. The zero-order valence-electron chi connectivity index (χ0n) is 16.2. The summed E-state index contributed by atoms with van der Waals surface area (Å²) in [6, 6.07) is 11.6. The first kappa shape index (κ1) is 20.4. The van der Waals surface area contributed by atoms with Gasteiger partial charge in [0.15, 0.2) is 9.84 Å². The molecule has 2 fully saturated rings. The Morgan fingerprint density at radius 1 is 1.07 bits per heavy atom. The first-order chi connectivity index (χ1) is 14.0. The highest BCUT2D eigenvalue weighted by Crippen LogP contribution is 2.33. The molecule has 4 rings (SSSR count). The third-order valence-corrected chi connectivity index (χ3v) is 8.74. The predicted molar refractivity (Wildman–Crippen MR) is 115 cm³/mol. The molecule has 2 aliphatic heterocycles. The Labute approximate surface area is 176 Å². The van der Waals surface area contributed by atoms with Crippen LogP contribution in [0.2, 0.25) is 0 Å². The van der Waals surface area contributed by atoms with Crippen LogP contribution in [0, 0.1) is 0 Å². The van der Waals surface area contributed by atoms with Gasteiger partial charge in [-0.3, -0.25) is 14.7 Å². The molecule has 0 aliphatic carbocycles. The third-order valence-electron chi connectivity index (χ3n) is 5.42. The van der Waals surface area contributed by atoms with Crippen LogP contribution in [-0.4, -0.2) is 72.0 Å². The third kappa shape index (κ3) is 5.18. The highest BCUT2D eigenvalue weighted by molar-refractivity contribution is 8.02. The van der Waals surface area contributed by atoms with E-state index >= 15 is 0 Å². The lowest BCUT2D eigenvalue weighted by Crippen LogP contribution is -2.48. The van der Waals surface area contributed by atoms with Gasteiger partial charge in [0.2, 0.25) is 0 Å². The molecular formula is C21H25N3O3S2. The maximum Gasteiger partial charge on any atom is 0.255 e. The summed E-state index contributed by atoms with van der Waals surface area (Å²) in [5.74, 6) is 0.492. The molecule has 1 amide bonds. The molecule has 0 spiro atoms. The fourth-order valence-electron chi connectivity index (χ4n) is 3.81. The normalized spacial score (nSPS) is 21.9. The highest BCUT2D eigenvalue weighted by atomic mass is 32.2. The Kier molecular flexibility index (Phi) is 6.22. The molecule has 154 valence electrons. The maximum absolute atomic E-state index is 13.2. The average Bonchev–Trinajstić information content (AvgIpc) is 3.07. The highest BCUT2D eigenvalue weighted by Gasteiger charge is 2.30. The fraction of sp³-hybridized carbons (Fsp3) is 0.429. The van der Waals surface area contributed by atoms with Crippen molar-refractivity contribution < 1.29 is 13.2 Å². The fourth-order valence-corrected chi connectivity index (χ4v) is 7.43. The molecule has 8 heteroatoms. The summed E-state index contributed by atoms with van der Waals surface area (Å²) in [4.78, 5) is 22.4. The summed E-state index contributed by atoms with van der Waals surface area (Å²) >= 11 is 1.53. The van der Waals surface area contributed by atoms with Crippen molar-refractivity contribution in [1.82, 2.24) is 14.8 Å². The van der Waals surface area contributed by atoms with Gasteiger partial charge in [0.25, 0.3) is 5.91 Å². The van der Waals surface area contributed by atoms with E-state index in [1.165, 1.54) is 17.3 Å². The summed E-state index contributed by atoms with van der Waals surface area (Å²) in [5, 5.41) is 0.0335. The van der Waals surface area contributed by atoms with Crippen molar-refractivity contribution >= 4 is 27.5 Å². The minimum atomic E-state index is -2.93. The number of pyridine rings is 1. The molecule has 0 unspecified atom stereocenters. The van der Waals surface area contributed by atoms with Crippen LogP contribution in [0.5, 0.6) is 0 Å². The van der Waals surface area contributed by atoms with E-state index in [-0.39, 0.29) is 22.7 Å². The molecule has 2 aliphatic rings. The van der Waals surface area contributed by atoms with E-state index in [2.05, 4.69) is 9.88 Å². The molecule has 29 heavy (non-hydrogen) atoms. The Hall–Kier alpha value is -1.90. The molecule has 1 aromatic heterocycles. The average molecular weight is 432 g/mol. The standard InChI is InChI=1S/C21H25N3O3S2/c25-21(24-12-10-23(11-13-24)15-17-5-8-22-9-6-17)19-3-1-2-4-20(19)28-18-7-14-29(26,27)16-18/h1-6,8-9,18H,7,10-16H2/t18-/m0/s1. The number of piperazine rings is 1. The van der Waals surface area contributed by atoms with Gasteiger partial charge in [-0.1, -0.05) is 12.1 Å². The number of aromatic nitrogens is 1. The van der Waals surface area contributed by atoms with Crippen molar-refractivity contribution in [3.8, 4) is 0 Å². The van der Waals surface area contributed by atoms with Gasteiger partial charge < -0.3 is 4.90 Å². The van der Waals surface area contributed by atoms with Crippen LogP contribution in [0.3, 0.4) is 0 Å². The first-order valence-corrected chi connectivity index (χ1v) is 12.6. The van der Waals surface area contributed by atoms with E-state index in [1.807, 2.05) is 41.3 Å². The van der Waals surface area contributed by atoms with Crippen molar-refractivity contribution in [1.29, 1.82) is 0 Å². The second-order valence-corrected chi connectivity index (χ2v) is 11.1. The van der Waals surface area contributed by atoms with Crippen LogP contribution >= 0.6 is 11.8 Å². The summed E-state index contributed by atoms with van der Waals surface area (Å²) in [7, 11) is -2.93. The lowest BCUT2D eigenvalue weighted by molar-refractivity contribution is 0.0625. The van der Waals surface area contributed by atoms with Gasteiger partial charge in [-0.25, -0.2) is 8.42 Å². The Morgan fingerprint density at radius 2 is 1.79 bits per heavy atom. The number of sulfone groups is 1. The molecule has 2 saturated heterocycles. The Morgan fingerprint density at radius 3 is 2.48 bits per heavy atom. The van der Waals surface area contributed by atoms with Crippen LogP contribution < -0.4 is 0 Å². The molecule has 0 radical (unpaired) electrons. The largest absolute Gasteiger partial charge is 0.336 e. The predicted octanol–water partition coefficient (Wildman–Crippen LogP) is 2.32. The quantitative estimate of drug-likeness (QED) is 0.724. The van der Waals surface area contributed by atoms with Crippen LogP contribution in [0.25, 0.3) is 0 Å². The topological polar surface area (TPSA) is 70.6 Å². The van der Waals surface area contributed by atoms with Crippen molar-refractivity contribution in [3.05, 3.63) is 59.9 Å². The van der Waals surface area contributed by atoms with Crippen molar-refractivity contribution in [2.45, 2.75) is 23.1 Å². The van der Waals surface area contributed by atoms with Gasteiger partial charge >= 0.3 is 0 Å². The number of thioether (sulfide) groups is 1. The van der Waals surface area contributed by atoms with E-state index in [4.69, 9.17) is 0 Å². The number of hydrogen-bond acceptors (Lipinski definition) is 6. The molecule has 1 atom stereocenters. The van der Waals surface area contributed by atoms with Gasteiger partial charge in [-0.15, -0.1) is 11.8 Å². The van der Waals surface area contributed by atoms with Gasteiger partial charge in [0.05, 0.1) is 17.1 Å². The monoisotopic (exact) mass is 431 g/mol. The Bertz CT molecular complexity index is 958. The van der Waals surface area contributed by atoms with E-state index in [1.54, 1.807) is 12.4 Å². The zero-order chi connectivity index (χ0) is 20.3. The minimum absolute atomic E-state index is 0.0335. The summed E-state index contributed by atoms with van der Waals surface area (Å²) in [6.45, 7) is 3.93. The minimum Gasteiger partial charge on any atom is -0.336 e. The number of carbonyl (C=O) groups excluding carboxylic acids is 1. The number of carbonyl (C=O) groups is 1. The molecule has 6 nitrogen and oxygen atoms in total. The van der Waals surface area contributed by atoms with Crippen LogP contribution in [0.1, 0.15) is 22.3 Å². The van der Waals surface area contributed by atoms with Crippen molar-refractivity contribution in [2.75, 3.05) is 37.7 Å². The van der Waals surface area contributed by atoms with E-state index in [9.17, 15) is 13.2 Å². The van der Waals surface area contributed by atoms with Gasteiger partial charge in [-0.05, 0) is 36.2 Å². The van der Waals surface area contributed by atoms with Crippen LogP contribution in [0.15, 0.2) is 53.7 Å². The maximum atomic E-state index is 13.2. The van der Waals surface area contributed by atoms with Crippen LogP contribution in [0.4, 0.5) is 0 Å². The van der Waals surface area contributed by atoms with E-state index < -0.39 is 9.84 Å². The smallest absolute Gasteiger partial charge is 0.255 e. The second kappa shape index (κ2) is 8.85. The van der Waals surface area contributed by atoms with Crippen molar-refractivity contribution in [2.24, 2.45) is 0 Å². The molecule has 2 aromatic rings. The van der Waals surface area contributed by atoms with Crippen molar-refractivity contribution in [3.63, 3.8) is 0 Å². The molecular weight excluding hydrogens is 406 g/mol.